The highest BCUT2D eigenvalue weighted by atomic mass is 32.3. The highest BCUT2D eigenvalue weighted by Gasteiger charge is 2.40. The average Bonchev–Trinajstić information content (AvgIpc) is 2.69. The number of thioether (sulfide) groups is 10. The molecule has 0 bridgehead atoms. The molecule has 2 heterocycles. The predicted octanol–water partition coefficient (Wildman–Crippen LogP) is 8.94. The molecular weight excluding hydrogens is 629 g/mol. The Morgan fingerprint density at radius 1 is 0.759 bits per heavy atom. The fourth-order valence-corrected chi connectivity index (χ4v) is 24.4. The van der Waals surface area contributed by atoms with Gasteiger partial charge >= 0.3 is 0 Å². The normalized spacial score (nSPS) is 30.2. The quantitative estimate of drug-likeness (QED) is 0.0809. The van der Waals surface area contributed by atoms with Gasteiger partial charge < -0.3 is 0 Å². The molecule has 4 atom stereocenters. The lowest BCUT2D eigenvalue weighted by Gasteiger charge is -2.40. The Kier molecular flexibility index (Phi) is 18.9. The maximum Gasteiger partial charge on any atom is 0.112 e. The van der Waals surface area contributed by atoms with Crippen LogP contribution >= 0.6 is 168 Å². The van der Waals surface area contributed by atoms with E-state index in [1.54, 1.807) is 0 Å². The molecule has 14 heteroatoms. The van der Waals surface area contributed by atoms with Gasteiger partial charge in [-0.2, -0.15) is 62.3 Å². The van der Waals surface area contributed by atoms with Gasteiger partial charge in [0.25, 0.3) is 0 Å². The molecule has 172 valence electrons. The van der Waals surface area contributed by atoms with Crippen LogP contribution in [0.2, 0.25) is 0 Å². The predicted molar refractivity (Wildman–Crippen MR) is 178 cm³/mol. The molecule has 0 aromatic carbocycles. The van der Waals surface area contributed by atoms with Gasteiger partial charge in [0, 0.05) is 20.3 Å². The second-order valence-corrected chi connectivity index (χ2v) is 24.4. The molecule has 2 saturated heterocycles. The molecule has 0 spiro atoms. The second-order valence-electron chi connectivity index (χ2n) is 5.60. The van der Waals surface area contributed by atoms with Gasteiger partial charge in [-0.15, -0.1) is 106 Å². The Hall–Kier alpha value is 4.90. The monoisotopic (exact) mass is 656 g/mol. The zero-order valence-electron chi connectivity index (χ0n) is 15.8. The van der Waals surface area contributed by atoms with Crippen LogP contribution in [-0.2, 0) is 0 Å². The fraction of sp³-hybridized carbons (Fsp3) is 1.00. The molecule has 0 aromatic rings. The first kappa shape index (κ1) is 30.1. The van der Waals surface area contributed by atoms with E-state index in [4.69, 9.17) is 0 Å². The molecule has 0 N–H and O–H groups in total. The maximum absolute atomic E-state index is 4.66. The third kappa shape index (κ3) is 12.1. The lowest BCUT2D eigenvalue weighted by atomic mass is 10.5. The van der Waals surface area contributed by atoms with Gasteiger partial charge in [-0.25, -0.2) is 0 Å². The van der Waals surface area contributed by atoms with E-state index in [9.17, 15) is 0 Å². The van der Waals surface area contributed by atoms with E-state index in [2.05, 4.69) is 121 Å². The van der Waals surface area contributed by atoms with Gasteiger partial charge in [-0.3, -0.25) is 0 Å². The molecular formula is C15H28S14. The van der Waals surface area contributed by atoms with Crippen molar-refractivity contribution in [3.05, 3.63) is 0 Å². The highest BCUT2D eigenvalue weighted by Crippen LogP contribution is 2.62. The van der Waals surface area contributed by atoms with Crippen molar-refractivity contribution < 1.29 is 0 Å². The molecule has 0 radical (unpaired) electrons. The van der Waals surface area contributed by atoms with Crippen molar-refractivity contribution >= 4 is 168 Å². The van der Waals surface area contributed by atoms with E-state index < -0.39 is 0 Å². The molecule has 0 aromatic heterocycles. The van der Waals surface area contributed by atoms with Gasteiger partial charge in [-0.05, 0) is 36.5 Å². The van der Waals surface area contributed by atoms with Crippen molar-refractivity contribution in [3.63, 3.8) is 0 Å². The van der Waals surface area contributed by atoms with Crippen LogP contribution < -0.4 is 0 Å². The Morgan fingerprint density at radius 3 is 1.76 bits per heavy atom. The summed E-state index contributed by atoms with van der Waals surface area (Å²) in [6.45, 7) is 0. The summed E-state index contributed by atoms with van der Waals surface area (Å²) in [7, 11) is 0. The van der Waals surface area contributed by atoms with Crippen LogP contribution in [0, 0.1) is 0 Å². The lowest BCUT2D eigenvalue weighted by Crippen LogP contribution is -2.25. The zero-order valence-corrected chi connectivity index (χ0v) is 27.5. The van der Waals surface area contributed by atoms with Crippen molar-refractivity contribution in [2.45, 2.75) is 39.7 Å². The Labute approximate surface area is 242 Å². The third-order valence-corrected chi connectivity index (χ3v) is 20.5. The number of rotatable bonds is 14. The average molecular weight is 657 g/mol. The minimum Gasteiger partial charge on any atom is -0.168 e. The summed E-state index contributed by atoms with van der Waals surface area (Å²) in [5, 5.41) is 3.61. The van der Waals surface area contributed by atoms with E-state index in [-0.39, 0.29) is 3.41 Å². The van der Waals surface area contributed by atoms with E-state index in [0.29, 0.717) is 17.0 Å². The Bertz CT molecular complexity index is 394. The maximum atomic E-state index is 4.66. The number of hydrogen-bond acceptors (Lipinski definition) is 14. The Morgan fingerprint density at radius 2 is 1.31 bits per heavy atom. The molecule has 2 aliphatic heterocycles. The van der Waals surface area contributed by atoms with Gasteiger partial charge in [0.1, 0.15) is 3.41 Å². The molecule has 29 heavy (non-hydrogen) atoms. The van der Waals surface area contributed by atoms with Crippen molar-refractivity contribution in [3.8, 4) is 0 Å². The molecule has 0 saturated carbocycles. The second kappa shape index (κ2) is 18.2. The first-order valence-electron chi connectivity index (χ1n) is 8.93. The molecule has 0 aliphatic carbocycles. The van der Waals surface area contributed by atoms with Crippen molar-refractivity contribution in [1.82, 2.24) is 0 Å². The SMILES string of the molecule is SCSCCC(SCS)(SC1SCCC(SCS)S1)SC1SCCC(SCS)S1. The first-order valence-corrected chi connectivity index (χ1v) is 21.4. The standard InChI is InChI=1S/C15H28S14/c16-7-20-6-3-15(25-10-19,28-13-21-4-1-11(26-13)23-8-17)29-14-22-5-2-12(27-14)24-9-18/h11-14,16-19H,1-10H2. The van der Waals surface area contributed by atoms with E-state index in [0.717, 1.165) is 26.1 Å². The lowest BCUT2D eigenvalue weighted by molar-refractivity contribution is 1.02. The van der Waals surface area contributed by atoms with Crippen LogP contribution in [0.15, 0.2) is 0 Å². The number of thiol groups is 4. The summed E-state index contributed by atoms with van der Waals surface area (Å²) in [6.07, 6.45) is 3.79. The van der Waals surface area contributed by atoms with E-state index in [1.807, 2.05) is 47.0 Å². The van der Waals surface area contributed by atoms with Crippen LogP contribution in [-0.4, -0.2) is 58.0 Å². The summed E-state index contributed by atoms with van der Waals surface area (Å²) >= 11 is 39.0. The van der Waals surface area contributed by atoms with Crippen LogP contribution in [0.25, 0.3) is 0 Å². The summed E-state index contributed by atoms with van der Waals surface area (Å²) in [6, 6.07) is 0. The first-order chi connectivity index (χ1) is 14.1. The van der Waals surface area contributed by atoms with Crippen molar-refractivity contribution in [2.24, 2.45) is 0 Å². The van der Waals surface area contributed by atoms with Gasteiger partial charge in [0.05, 0.1) is 17.0 Å². The van der Waals surface area contributed by atoms with Crippen molar-refractivity contribution in [1.29, 1.82) is 0 Å². The minimum absolute atomic E-state index is 0.161. The fourth-order valence-electron chi connectivity index (χ4n) is 2.46. The van der Waals surface area contributed by atoms with Gasteiger partial charge in [0.2, 0.25) is 0 Å². The van der Waals surface area contributed by atoms with Crippen LogP contribution in [0.5, 0.6) is 0 Å². The summed E-state index contributed by atoms with van der Waals surface area (Å²) in [5.74, 6) is 3.70. The number of hydrogen-bond donors (Lipinski definition) is 4. The summed E-state index contributed by atoms with van der Waals surface area (Å²) in [4.78, 5) is 0. The molecule has 0 amide bonds. The third-order valence-electron chi connectivity index (χ3n) is 3.74. The largest absolute Gasteiger partial charge is 0.168 e. The molecule has 2 fully saturated rings. The zero-order chi connectivity index (χ0) is 21.0. The molecule has 0 nitrogen and oxygen atoms in total. The van der Waals surface area contributed by atoms with E-state index >= 15 is 0 Å². The van der Waals surface area contributed by atoms with Crippen LogP contribution in [0.1, 0.15) is 19.3 Å². The summed E-state index contributed by atoms with van der Waals surface area (Å²) in [5.41, 5.74) is 0. The van der Waals surface area contributed by atoms with E-state index in [1.165, 1.54) is 30.8 Å². The Balaban J connectivity index is 2.06. The minimum atomic E-state index is 0.161. The summed E-state index contributed by atoms with van der Waals surface area (Å²) < 4.78 is 2.74. The molecule has 2 rings (SSSR count). The van der Waals surface area contributed by atoms with Gasteiger partial charge in [0.15, 0.2) is 0 Å². The van der Waals surface area contributed by atoms with Gasteiger partial charge in [-0.1, -0.05) is 0 Å². The van der Waals surface area contributed by atoms with Crippen LogP contribution in [0.4, 0.5) is 0 Å². The molecule has 4 unspecified atom stereocenters. The highest BCUT2D eigenvalue weighted by molar-refractivity contribution is 8.48. The topological polar surface area (TPSA) is 0 Å². The van der Waals surface area contributed by atoms with Crippen LogP contribution in [0.3, 0.4) is 0 Å². The molecule has 2 aliphatic rings. The van der Waals surface area contributed by atoms with Crippen molar-refractivity contribution in [2.75, 3.05) is 37.6 Å². The smallest absolute Gasteiger partial charge is 0.112 e.